The number of aryl methyl sites for hydroxylation is 2. The van der Waals surface area contributed by atoms with Crippen molar-refractivity contribution in [3.8, 4) is 11.1 Å². The Kier molecular flexibility index (Phi) is 5.30. The molecule has 0 aromatic carbocycles. The van der Waals surface area contributed by atoms with Crippen molar-refractivity contribution in [1.82, 2.24) is 20.1 Å². The van der Waals surface area contributed by atoms with E-state index in [0.717, 1.165) is 43.6 Å². The van der Waals surface area contributed by atoms with E-state index in [1.807, 2.05) is 24.1 Å². The van der Waals surface area contributed by atoms with Crippen molar-refractivity contribution in [2.24, 2.45) is 7.05 Å². The molecule has 2 rings (SSSR count). The van der Waals surface area contributed by atoms with E-state index < -0.39 is 0 Å². The van der Waals surface area contributed by atoms with Crippen molar-refractivity contribution in [2.75, 3.05) is 6.54 Å². The normalized spacial score (nSPS) is 10.9. The number of nitrogens with one attached hydrogen (secondary N) is 1. The maximum atomic E-state index is 4.56. The highest BCUT2D eigenvalue weighted by molar-refractivity contribution is 5.65. The molecule has 108 valence electrons. The summed E-state index contributed by atoms with van der Waals surface area (Å²) in [5, 5.41) is 7.97. The molecular weight excluding hydrogens is 248 g/mol. The van der Waals surface area contributed by atoms with E-state index >= 15 is 0 Å². The van der Waals surface area contributed by atoms with Crippen molar-refractivity contribution in [3.63, 3.8) is 0 Å². The van der Waals surface area contributed by atoms with E-state index in [9.17, 15) is 0 Å². The van der Waals surface area contributed by atoms with Crippen LogP contribution in [0.5, 0.6) is 0 Å². The van der Waals surface area contributed by atoms with Crippen LogP contribution in [0.3, 0.4) is 0 Å². The molecule has 0 aliphatic rings. The summed E-state index contributed by atoms with van der Waals surface area (Å²) in [4.78, 5) is 4.37. The third kappa shape index (κ3) is 3.67. The highest BCUT2D eigenvalue weighted by atomic mass is 15.2. The number of nitrogens with zero attached hydrogens (tertiary/aromatic N) is 3. The Morgan fingerprint density at radius 3 is 2.80 bits per heavy atom. The number of hydrogen-bond acceptors (Lipinski definition) is 3. The standard InChI is InChI=1S/C16H24N4/c1-4-6-16-15(12-20(3)19-16)14-8-13(10-18-11-14)9-17-7-5-2/h8,10-12,17H,4-7,9H2,1-3H3. The smallest absolute Gasteiger partial charge is 0.0703 e. The molecule has 0 unspecified atom stereocenters. The van der Waals surface area contributed by atoms with Gasteiger partial charge in [0.1, 0.15) is 0 Å². The van der Waals surface area contributed by atoms with Gasteiger partial charge in [-0.1, -0.05) is 20.3 Å². The Hall–Kier alpha value is -1.68. The summed E-state index contributed by atoms with van der Waals surface area (Å²) < 4.78 is 1.89. The van der Waals surface area contributed by atoms with Gasteiger partial charge in [-0.25, -0.2) is 0 Å². The predicted octanol–water partition coefficient (Wildman–Crippen LogP) is 2.93. The van der Waals surface area contributed by atoms with Crippen LogP contribution in [0.1, 0.15) is 37.9 Å². The molecule has 0 saturated heterocycles. The van der Waals surface area contributed by atoms with E-state index in [0.29, 0.717) is 0 Å². The van der Waals surface area contributed by atoms with Crippen LogP contribution >= 0.6 is 0 Å². The zero-order valence-electron chi connectivity index (χ0n) is 12.7. The lowest BCUT2D eigenvalue weighted by atomic mass is 10.0. The van der Waals surface area contributed by atoms with Crippen LogP contribution in [0.25, 0.3) is 11.1 Å². The van der Waals surface area contributed by atoms with Gasteiger partial charge >= 0.3 is 0 Å². The van der Waals surface area contributed by atoms with Crippen LogP contribution in [0.2, 0.25) is 0 Å². The fourth-order valence-electron chi connectivity index (χ4n) is 2.34. The summed E-state index contributed by atoms with van der Waals surface area (Å²) in [6.07, 6.45) is 9.22. The molecule has 4 nitrogen and oxygen atoms in total. The summed E-state index contributed by atoms with van der Waals surface area (Å²) in [5.41, 5.74) is 4.76. The van der Waals surface area contributed by atoms with E-state index in [4.69, 9.17) is 0 Å². The van der Waals surface area contributed by atoms with Gasteiger partial charge in [-0.15, -0.1) is 0 Å². The minimum atomic E-state index is 0.873. The number of pyridine rings is 1. The van der Waals surface area contributed by atoms with Crippen molar-refractivity contribution >= 4 is 0 Å². The first-order valence-corrected chi connectivity index (χ1v) is 7.42. The Morgan fingerprint density at radius 2 is 2.05 bits per heavy atom. The highest BCUT2D eigenvalue weighted by Crippen LogP contribution is 2.23. The van der Waals surface area contributed by atoms with Crippen LogP contribution in [-0.2, 0) is 20.0 Å². The minimum absolute atomic E-state index is 0.873. The van der Waals surface area contributed by atoms with Gasteiger partial charge in [0, 0.05) is 43.3 Å². The SMILES string of the molecule is CCCNCc1cncc(-c2cn(C)nc2CCC)c1. The van der Waals surface area contributed by atoms with E-state index in [-0.39, 0.29) is 0 Å². The molecule has 2 aromatic rings. The molecule has 0 radical (unpaired) electrons. The van der Waals surface area contributed by atoms with Crippen LogP contribution in [-0.4, -0.2) is 21.3 Å². The lowest BCUT2D eigenvalue weighted by Crippen LogP contribution is -2.13. The zero-order chi connectivity index (χ0) is 14.4. The average molecular weight is 272 g/mol. The van der Waals surface area contributed by atoms with Crippen LogP contribution in [0.15, 0.2) is 24.7 Å². The highest BCUT2D eigenvalue weighted by Gasteiger charge is 2.10. The van der Waals surface area contributed by atoms with Crippen LogP contribution < -0.4 is 5.32 Å². The fourth-order valence-corrected chi connectivity index (χ4v) is 2.34. The van der Waals surface area contributed by atoms with Gasteiger partial charge in [-0.3, -0.25) is 9.67 Å². The van der Waals surface area contributed by atoms with Gasteiger partial charge in [0.25, 0.3) is 0 Å². The van der Waals surface area contributed by atoms with Crippen molar-refractivity contribution in [3.05, 3.63) is 35.9 Å². The molecule has 4 heteroatoms. The van der Waals surface area contributed by atoms with Gasteiger partial charge < -0.3 is 5.32 Å². The summed E-state index contributed by atoms with van der Waals surface area (Å²) in [7, 11) is 1.97. The maximum Gasteiger partial charge on any atom is 0.0703 e. The van der Waals surface area contributed by atoms with Crippen molar-refractivity contribution < 1.29 is 0 Å². The summed E-state index contributed by atoms with van der Waals surface area (Å²) in [5.74, 6) is 0. The first-order valence-electron chi connectivity index (χ1n) is 7.42. The molecule has 0 amide bonds. The molecule has 0 aliphatic carbocycles. The zero-order valence-corrected chi connectivity index (χ0v) is 12.7. The number of hydrogen-bond donors (Lipinski definition) is 1. The molecule has 1 N–H and O–H groups in total. The molecular formula is C16H24N4. The third-order valence-corrected chi connectivity index (χ3v) is 3.25. The average Bonchev–Trinajstić information content (AvgIpc) is 2.81. The van der Waals surface area contributed by atoms with Crippen molar-refractivity contribution in [1.29, 1.82) is 0 Å². The van der Waals surface area contributed by atoms with Crippen LogP contribution in [0.4, 0.5) is 0 Å². The molecule has 0 saturated carbocycles. The minimum Gasteiger partial charge on any atom is -0.313 e. The van der Waals surface area contributed by atoms with E-state index in [1.54, 1.807) is 0 Å². The summed E-state index contributed by atoms with van der Waals surface area (Å²) in [6, 6.07) is 2.21. The first kappa shape index (κ1) is 14.7. The van der Waals surface area contributed by atoms with E-state index in [2.05, 4.69) is 41.5 Å². The Morgan fingerprint density at radius 1 is 1.20 bits per heavy atom. The molecule has 0 atom stereocenters. The molecule has 0 aliphatic heterocycles. The number of rotatable bonds is 7. The quantitative estimate of drug-likeness (QED) is 0.788. The third-order valence-electron chi connectivity index (χ3n) is 3.25. The lowest BCUT2D eigenvalue weighted by molar-refractivity contribution is 0.674. The van der Waals surface area contributed by atoms with E-state index in [1.165, 1.54) is 11.1 Å². The largest absolute Gasteiger partial charge is 0.313 e. The molecule has 2 aromatic heterocycles. The second-order valence-corrected chi connectivity index (χ2v) is 5.17. The Balaban J connectivity index is 2.21. The maximum absolute atomic E-state index is 4.56. The fraction of sp³-hybridized carbons (Fsp3) is 0.500. The second kappa shape index (κ2) is 7.20. The van der Waals surface area contributed by atoms with Gasteiger partial charge in [-0.05, 0) is 31.0 Å². The van der Waals surface area contributed by atoms with Gasteiger partial charge in [-0.2, -0.15) is 5.10 Å². The van der Waals surface area contributed by atoms with Gasteiger partial charge in [0.15, 0.2) is 0 Å². The number of aromatic nitrogens is 3. The topological polar surface area (TPSA) is 42.7 Å². The second-order valence-electron chi connectivity index (χ2n) is 5.17. The van der Waals surface area contributed by atoms with Crippen LogP contribution in [0, 0.1) is 0 Å². The molecule has 0 spiro atoms. The Labute approximate surface area is 121 Å². The first-order chi connectivity index (χ1) is 9.74. The summed E-state index contributed by atoms with van der Waals surface area (Å²) in [6.45, 7) is 6.27. The molecule has 20 heavy (non-hydrogen) atoms. The monoisotopic (exact) mass is 272 g/mol. The van der Waals surface area contributed by atoms with Gasteiger partial charge in [0.2, 0.25) is 0 Å². The molecule has 0 fully saturated rings. The van der Waals surface area contributed by atoms with Crippen molar-refractivity contribution in [2.45, 2.75) is 39.7 Å². The Bertz CT molecular complexity index is 545. The predicted molar refractivity (Wildman–Crippen MR) is 82.4 cm³/mol. The molecule has 2 heterocycles. The lowest BCUT2D eigenvalue weighted by Gasteiger charge is -2.06. The summed E-state index contributed by atoms with van der Waals surface area (Å²) >= 11 is 0. The van der Waals surface area contributed by atoms with Gasteiger partial charge in [0.05, 0.1) is 5.69 Å². The molecule has 0 bridgehead atoms.